The van der Waals surface area contributed by atoms with Crippen LogP contribution in [0.1, 0.15) is 30.0 Å². The Morgan fingerprint density at radius 2 is 1.76 bits per heavy atom. The smallest absolute Gasteiger partial charge is 0.242 e. The first-order valence-electron chi connectivity index (χ1n) is 9.34. The molecule has 0 radical (unpaired) electrons. The van der Waals surface area contributed by atoms with E-state index in [2.05, 4.69) is 15.0 Å². The van der Waals surface area contributed by atoms with Gasteiger partial charge in [-0.2, -0.15) is 4.72 Å². The molecule has 0 saturated heterocycles. The van der Waals surface area contributed by atoms with Gasteiger partial charge in [0.15, 0.2) is 0 Å². The zero-order valence-electron chi connectivity index (χ0n) is 17.1. The van der Waals surface area contributed by atoms with Crippen molar-refractivity contribution in [1.29, 1.82) is 0 Å². The van der Waals surface area contributed by atoms with E-state index in [9.17, 15) is 13.2 Å². The number of hydrogen-bond acceptors (Lipinski definition) is 5. The van der Waals surface area contributed by atoms with Gasteiger partial charge in [-0.25, -0.2) is 13.4 Å². The minimum absolute atomic E-state index is 0.123. The summed E-state index contributed by atoms with van der Waals surface area (Å²) in [5.74, 6) is -0.618. The molecule has 3 aromatic rings. The first-order valence-corrected chi connectivity index (χ1v) is 11.6. The van der Waals surface area contributed by atoms with E-state index in [1.807, 2.05) is 52.8 Å². The Morgan fingerprint density at radius 1 is 1.03 bits per heavy atom. The predicted molar refractivity (Wildman–Crippen MR) is 118 cm³/mol. The number of hydrogen-bond donors (Lipinski definition) is 2. The van der Waals surface area contributed by atoms with Crippen LogP contribution < -0.4 is 10.0 Å². The second kappa shape index (κ2) is 8.22. The highest BCUT2D eigenvalue weighted by molar-refractivity contribution is 7.89. The van der Waals surface area contributed by atoms with Crippen LogP contribution in [0, 0.1) is 26.7 Å². The Kier molecular flexibility index (Phi) is 6.07. The highest BCUT2D eigenvalue weighted by Gasteiger charge is 2.29. The number of benzene rings is 2. The maximum absolute atomic E-state index is 12.9. The first-order chi connectivity index (χ1) is 13.6. The van der Waals surface area contributed by atoms with E-state index < -0.39 is 16.1 Å². The fourth-order valence-corrected chi connectivity index (χ4v) is 5.26. The van der Waals surface area contributed by atoms with Crippen LogP contribution in [0.15, 0.2) is 41.3 Å². The number of thiazole rings is 1. The maximum atomic E-state index is 12.9. The molecule has 6 nitrogen and oxygen atoms in total. The summed E-state index contributed by atoms with van der Waals surface area (Å²) in [6.07, 6.45) is 0. The van der Waals surface area contributed by atoms with Crippen LogP contribution in [0.5, 0.6) is 0 Å². The summed E-state index contributed by atoms with van der Waals surface area (Å²) in [6, 6.07) is 9.51. The first kappa shape index (κ1) is 21.4. The molecule has 1 aromatic heterocycles. The summed E-state index contributed by atoms with van der Waals surface area (Å²) in [6.45, 7) is 9.45. The van der Waals surface area contributed by atoms with Crippen molar-refractivity contribution in [1.82, 2.24) is 9.71 Å². The molecule has 0 spiro atoms. The number of fused-ring (bicyclic) bond motifs is 1. The lowest BCUT2D eigenvalue weighted by Gasteiger charge is -2.22. The fourth-order valence-electron chi connectivity index (χ4n) is 2.95. The molecule has 0 saturated carbocycles. The van der Waals surface area contributed by atoms with E-state index in [-0.39, 0.29) is 16.7 Å². The van der Waals surface area contributed by atoms with Crippen LogP contribution in [0.2, 0.25) is 0 Å². The highest BCUT2D eigenvalue weighted by atomic mass is 32.2. The van der Waals surface area contributed by atoms with Gasteiger partial charge in [-0.05, 0) is 68.1 Å². The minimum atomic E-state index is -3.87. The molecule has 154 valence electrons. The number of nitrogens with one attached hydrogen (secondary N) is 2. The highest BCUT2D eigenvalue weighted by Crippen LogP contribution is 2.25. The van der Waals surface area contributed by atoms with Gasteiger partial charge in [-0.15, -0.1) is 11.3 Å². The van der Waals surface area contributed by atoms with Gasteiger partial charge in [-0.3, -0.25) is 4.79 Å². The number of nitrogens with zero attached hydrogens (tertiary/aromatic N) is 1. The van der Waals surface area contributed by atoms with Crippen molar-refractivity contribution in [3.8, 4) is 0 Å². The Morgan fingerprint density at radius 3 is 2.41 bits per heavy atom. The third-order valence-corrected chi connectivity index (χ3v) is 7.16. The average Bonchev–Trinajstić information content (AvgIpc) is 3.01. The molecule has 1 atom stereocenters. The molecule has 1 heterocycles. The second-order valence-electron chi connectivity index (χ2n) is 7.49. The summed E-state index contributed by atoms with van der Waals surface area (Å²) >= 11 is 1.44. The van der Waals surface area contributed by atoms with Crippen LogP contribution in [-0.2, 0) is 14.8 Å². The Labute approximate surface area is 175 Å². The van der Waals surface area contributed by atoms with E-state index >= 15 is 0 Å². The molecule has 0 aliphatic carbocycles. The number of aromatic nitrogens is 1. The zero-order chi connectivity index (χ0) is 21.3. The summed E-state index contributed by atoms with van der Waals surface area (Å²) in [4.78, 5) is 17.3. The molecule has 0 aliphatic heterocycles. The van der Waals surface area contributed by atoms with Crippen LogP contribution in [0.3, 0.4) is 0 Å². The van der Waals surface area contributed by atoms with Crippen molar-refractivity contribution in [2.75, 3.05) is 5.32 Å². The van der Waals surface area contributed by atoms with Gasteiger partial charge in [0.25, 0.3) is 0 Å². The molecule has 0 aliphatic rings. The fraction of sp³-hybridized carbons (Fsp3) is 0.333. The maximum Gasteiger partial charge on any atom is 0.242 e. The molecular formula is C21H25N3O3S2. The van der Waals surface area contributed by atoms with Gasteiger partial charge >= 0.3 is 0 Å². The Balaban J connectivity index is 1.83. The number of aryl methyl sites for hydroxylation is 3. The molecule has 0 unspecified atom stereocenters. The van der Waals surface area contributed by atoms with Crippen molar-refractivity contribution in [2.45, 2.75) is 45.6 Å². The second-order valence-corrected chi connectivity index (χ2v) is 10.4. The van der Waals surface area contributed by atoms with Gasteiger partial charge in [0.1, 0.15) is 6.04 Å². The average molecular weight is 432 g/mol. The van der Waals surface area contributed by atoms with Crippen LogP contribution in [0.4, 0.5) is 5.69 Å². The van der Waals surface area contributed by atoms with Crippen molar-refractivity contribution < 1.29 is 13.2 Å². The topological polar surface area (TPSA) is 88.2 Å². The molecule has 0 fully saturated rings. The third kappa shape index (κ3) is 4.83. The summed E-state index contributed by atoms with van der Waals surface area (Å²) in [5.41, 5.74) is 3.58. The molecule has 8 heteroatoms. The lowest BCUT2D eigenvalue weighted by Crippen LogP contribution is -2.47. The largest absolute Gasteiger partial charge is 0.325 e. The summed E-state index contributed by atoms with van der Waals surface area (Å²) in [5, 5.41) is 3.70. The van der Waals surface area contributed by atoms with E-state index in [4.69, 9.17) is 0 Å². The third-order valence-electron chi connectivity index (χ3n) is 4.78. The van der Waals surface area contributed by atoms with E-state index in [1.54, 1.807) is 12.1 Å². The number of carbonyl (C=O) groups is 1. The van der Waals surface area contributed by atoms with Gasteiger partial charge in [0, 0.05) is 5.69 Å². The van der Waals surface area contributed by atoms with Crippen LogP contribution >= 0.6 is 11.3 Å². The molecule has 0 bridgehead atoms. The zero-order valence-corrected chi connectivity index (χ0v) is 18.7. The van der Waals surface area contributed by atoms with Crippen molar-refractivity contribution in [2.24, 2.45) is 5.92 Å². The molecule has 1 amide bonds. The summed E-state index contributed by atoms with van der Waals surface area (Å²) in [7, 11) is -3.87. The molecular weight excluding hydrogens is 406 g/mol. The summed E-state index contributed by atoms with van der Waals surface area (Å²) < 4.78 is 29.3. The standard InChI is InChI=1S/C21H25N3O3S2/c1-12(2)20(21(25)23-16-7-6-13(3)14(4)10-16)24-29(26,27)17-8-9-18-19(11-17)28-15(5)22-18/h6-12,20,24H,1-5H3,(H,23,25)/t20-/m1/s1. The number of carbonyl (C=O) groups excluding carboxylic acids is 1. The van der Waals surface area contributed by atoms with Gasteiger partial charge in [0.05, 0.1) is 20.1 Å². The van der Waals surface area contributed by atoms with Crippen LogP contribution in [-0.4, -0.2) is 25.4 Å². The lowest BCUT2D eigenvalue weighted by molar-refractivity contribution is -0.118. The predicted octanol–water partition coefficient (Wildman–Crippen LogP) is 4.16. The molecule has 29 heavy (non-hydrogen) atoms. The molecule has 3 rings (SSSR count). The quantitative estimate of drug-likeness (QED) is 0.613. The minimum Gasteiger partial charge on any atom is -0.325 e. The van der Waals surface area contributed by atoms with Crippen molar-refractivity contribution in [3.63, 3.8) is 0 Å². The Bertz CT molecular complexity index is 1170. The monoisotopic (exact) mass is 431 g/mol. The number of sulfonamides is 1. The van der Waals surface area contributed by atoms with Gasteiger partial charge < -0.3 is 5.32 Å². The van der Waals surface area contributed by atoms with E-state index in [1.165, 1.54) is 17.4 Å². The number of rotatable bonds is 6. The van der Waals surface area contributed by atoms with Crippen molar-refractivity contribution >= 4 is 43.2 Å². The van der Waals surface area contributed by atoms with Crippen LogP contribution in [0.25, 0.3) is 10.2 Å². The number of amides is 1. The SMILES string of the molecule is Cc1nc2ccc(S(=O)(=O)N[C@@H](C(=O)Nc3ccc(C)c(C)c3)C(C)C)cc2s1. The van der Waals surface area contributed by atoms with Gasteiger partial charge in [0.2, 0.25) is 15.9 Å². The van der Waals surface area contributed by atoms with Crippen molar-refractivity contribution in [3.05, 3.63) is 52.5 Å². The van der Waals surface area contributed by atoms with Gasteiger partial charge in [-0.1, -0.05) is 19.9 Å². The lowest BCUT2D eigenvalue weighted by atomic mass is 10.0. The normalized spacial score (nSPS) is 13.0. The molecule has 2 aromatic carbocycles. The van der Waals surface area contributed by atoms with E-state index in [0.29, 0.717) is 5.69 Å². The molecule has 2 N–H and O–H groups in total. The van der Waals surface area contributed by atoms with E-state index in [0.717, 1.165) is 26.4 Å². The Hall–Kier alpha value is -2.29. The number of anilines is 1.